The standard InChI is InChI=1S/C18H20N4/c1-4-20-17-14-9-8-13(10-15(14)21-18(19)22-17)16-11(2)6-5-7-12(16)3/h5-10H,4H2,1-3H3,(H3,19,20,21,22). The number of aromatic nitrogens is 2. The average Bonchev–Trinajstić information content (AvgIpc) is 2.47. The molecular formula is C18H20N4. The van der Waals surface area contributed by atoms with Crippen LogP contribution >= 0.6 is 0 Å². The molecule has 22 heavy (non-hydrogen) atoms. The minimum atomic E-state index is 0.294. The molecule has 0 radical (unpaired) electrons. The molecule has 0 bridgehead atoms. The number of nitrogen functional groups attached to an aromatic ring is 1. The third-order valence-corrected chi connectivity index (χ3v) is 3.83. The zero-order chi connectivity index (χ0) is 15.7. The average molecular weight is 292 g/mol. The Kier molecular flexibility index (Phi) is 3.67. The highest BCUT2D eigenvalue weighted by Crippen LogP contribution is 2.31. The van der Waals surface area contributed by atoms with E-state index in [1.54, 1.807) is 0 Å². The van der Waals surface area contributed by atoms with Crippen LogP contribution in [0.15, 0.2) is 36.4 Å². The number of nitrogens with two attached hydrogens (primary N) is 1. The number of rotatable bonds is 3. The third-order valence-electron chi connectivity index (χ3n) is 3.83. The first-order valence-corrected chi connectivity index (χ1v) is 7.48. The van der Waals surface area contributed by atoms with Gasteiger partial charge < -0.3 is 11.1 Å². The molecule has 112 valence electrons. The van der Waals surface area contributed by atoms with Gasteiger partial charge in [0.25, 0.3) is 0 Å². The van der Waals surface area contributed by atoms with Gasteiger partial charge in [-0.15, -0.1) is 0 Å². The molecule has 1 aromatic heterocycles. The summed E-state index contributed by atoms with van der Waals surface area (Å²) >= 11 is 0. The van der Waals surface area contributed by atoms with Gasteiger partial charge in [-0.2, -0.15) is 4.98 Å². The molecule has 4 heteroatoms. The molecular weight excluding hydrogens is 272 g/mol. The van der Waals surface area contributed by atoms with Gasteiger partial charge in [-0.25, -0.2) is 4.98 Å². The van der Waals surface area contributed by atoms with Crippen LogP contribution in [0.2, 0.25) is 0 Å². The summed E-state index contributed by atoms with van der Waals surface area (Å²) < 4.78 is 0. The number of nitrogens with one attached hydrogen (secondary N) is 1. The van der Waals surface area contributed by atoms with Crippen molar-refractivity contribution in [1.82, 2.24) is 9.97 Å². The lowest BCUT2D eigenvalue weighted by Crippen LogP contribution is -2.04. The Hall–Kier alpha value is -2.62. The topological polar surface area (TPSA) is 63.8 Å². The van der Waals surface area contributed by atoms with E-state index < -0.39 is 0 Å². The van der Waals surface area contributed by atoms with Gasteiger partial charge in [0, 0.05) is 11.9 Å². The van der Waals surface area contributed by atoms with Gasteiger partial charge >= 0.3 is 0 Å². The molecule has 0 saturated carbocycles. The Bertz CT molecular complexity index is 820. The van der Waals surface area contributed by atoms with Gasteiger partial charge in [0.15, 0.2) is 0 Å². The Morgan fingerprint density at radius 1 is 1.05 bits per heavy atom. The maximum Gasteiger partial charge on any atom is 0.222 e. The molecule has 0 spiro atoms. The minimum absolute atomic E-state index is 0.294. The Morgan fingerprint density at radius 3 is 2.45 bits per heavy atom. The van der Waals surface area contributed by atoms with Crippen molar-refractivity contribution in [3.05, 3.63) is 47.5 Å². The Morgan fingerprint density at radius 2 is 1.77 bits per heavy atom. The lowest BCUT2D eigenvalue weighted by Gasteiger charge is -2.12. The fourth-order valence-electron chi connectivity index (χ4n) is 2.88. The summed E-state index contributed by atoms with van der Waals surface area (Å²) in [6.07, 6.45) is 0. The smallest absolute Gasteiger partial charge is 0.222 e. The van der Waals surface area contributed by atoms with Crippen LogP contribution < -0.4 is 11.1 Å². The Labute approximate surface area is 130 Å². The van der Waals surface area contributed by atoms with Crippen LogP contribution in [-0.4, -0.2) is 16.5 Å². The van der Waals surface area contributed by atoms with Crippen LogP contribution in [0.1, 0.15) is 18.1 Å². The fraction of sp³-hybridized carbons (Fsp3) is 0.222. The van der Waals surface area contributed by atoms with Crippen molar-refractivity contribution in [3.8, 4) is 11.1 Å². The monoisotopic (exact) mass is 292 g/mol. The zero-order valence-corrected chi connectivity index (χ0v) is 13.1. The van der Waals surface area contributed by atoms with Crippen LogP contribution in [-0.2, 0) is 0 Å². The summed E-state index contributed by atoms with van der Waals surface area (Å²) in [5, 5.41) is 4.23. The normalized spacial score (nSPS) is 10.9. The van der Waals surface area contributed by atoms with Crippen LogP contribution in [0.4, 0.5) is 11.8 Å². The summed E-state index contributed by atoms with van der Waals surface area (Å²) in [6, 6.07) is 12.6. The number of benzene rings is 2. The van der Waals surface area contributed by atoms with E-state index in [4.69, 9.17) is 5.73 Å². The molecule has 1 heterocycles. The highest BCUT2D eigenvalue weighted by atomic mass is 15.1. The molecule has 2 aromatic carbocycles. The van der Waals surface area contributed by atoms with Gasteiger partial charge in [0.1, 0.15) is 5.82 Å². The molecule has 3 N–H and O–H groups in total. The van der Waals surface area contributed by atoms with Crippen molar-refractivity contribution in [2.45, 2.75) is 20.8 Å². The summed E-state index contributed by atoms with van der Waals surface area (Å²) in [4.78, 5) is 8.67. The molecule has 0 aliphatic carbocycles. The largest absolute Gasteiger partial charge is 0.370 e. The van der Waals surface area contributed by atoms with Crippen molar-refractivity contribution in [3.63, 3.8) is 0 Å². The number of fused-ring (bicyclic) bond motifs is 1. The lowest BCUT2D eigenvalue weighted by atomic mass is 9.95. The molecule has 3 aromatic rings. The van der Waals surface area contributed by atoms with Crippen molar-refractivity contribution < 1.29 is 0 Å². The summed E-state index contributed by atoms with van der Waals surface area (Å²) in [5.41, 5.74) is 11.6. The van der Waals surface area contributed by atoms with Gasteiger partial charge in [-0.3, -0.25) is 0 Å². The zero-order valence-electron chi connectivity index (χ0n) is 13.1. The summed E-state index contributed by atoms with van der Waals surface area (Å²) in [5.74, 6) is 1.08. The third kappa shape index (κ3) is 2.48. The second-order valence-corrected chi connectivity index (χ2v) is 5.46. The van der Waals surface area contributed by atoms with Crippen LogP contribution in [0.3, 0.4) is 0 Å². The van der Waals surface area contributed by atoms with Crippen molar-refractivity contribution in [2.75, 3.05) is 17.6 Å². The van der Waals surface area contributed by atoms with Gasteiger partial charge in [0.05, 0.1) is 5.52 Å². The minimum Gasteiger partial charge on any atom is -0.370 e. The van der Waals surface area contributed by atoms with Crippen molar-refractivity contribution >= 4 is 22.7 Å². The SMILES string of the molecule is CCNc1nc(N)nc2cc(-c3c(C)cccc3C)ccc12. The molecule has 3 rings (SSSR count). The second-order valence-electron chi connectivity index (χ2n) is 5.46. The highest BCUT2D eigenvalue weighted by Gasteiger charge is 2.10. The molecule has 0 fully saturated rings. The maximum atomic E-state index is 5.84. The van der Waals surface area contributed by atoms with E-state index in [-0.39, 0.29) is 0 Å². The van der Waals surface area contributed by atoms with E-state index in [9.17, 15) is 0 Å². The van der Waals surface area contributed by atoms with E-state index >= 15 is 0 Å². The highest BCUT2D eigenvalue weighted by molar-refractivity contribution is 5.93. The number of nitrogens with zero attached hydrogens (tertiary/aromatic N) is 2. The van der Waals surface area contributed by atoms with Gasteiger partial charge in [-0.05, 0) is 55.2 Å². The predicted octanol–water partition coefficient (Wildman–Crippen LogP) is 3.93. The van der Waals surface area contributed by atoms with E-state index in [1.165, 1.54) is 16.7 Å². The van der Waals surface area contributed by atoms with E-state index in [0.29, 0.717) is 5.95 Å². The Balaban J connectivity index is 2.22. The second kappa shape index (κ2) is 5.64. The molecule has 0 aliphatic heterocycles. The predicted molar refractivity (Wildman–Crippen MR) is 93.0 cm³/mol. The van der Waals surface area contributed by atoms with E-state index in [0.717, 1.165) is 28.8 Å². The molecule has 0 unspecified atom stereocenters. The maximum absolute atomic E-state index is 5.84. The van der Waals surface area contributed by atoms with Crippen LogP contribution in [0, 0.1) is 13.8 Å². The molecule has 0 amide bonds. The van der Waals surface area contributed by atoms with Crippen molar-refractivity contribution in [1.29, 1.82) is 0 Å². The first-order chi connectivity index (χ1) is 10.6. The van der Waals surface area contributed by atoms with Crippen LogP contribution in [0.25, 0.3) is 22.0 Å². The number of aryl methyl sites for hydroxylation is 2. The molecule has 0 atom stereocenters. The van der Waals surface area contributed by atoms with Crippen molar-refractivity contribution in [2.24, 2.45) is 0 Å². The number of anilines is 2. The molecule has 0 aliphatic rings. The fourth-order valence-corrected chi connectivity index (χ4v) is 2.88. The summed E-state index contributed by atoms with van der Waals surface area (Å²) in [7, 11) is 0. The molecule has 0 saturated heterocycles. The first kappa shape index (κ1) is 14.3. The quantitative estimate of drug-likeness (QED) is 0.767. The first-order valence-electron chi connectivity index (χ1n) is 7.48. The van der Waals surface area contributed by atoms with E-state index in [2.05, 4.69) is 65.5 Å². The lowest BCUT2D eigenvalue weighted by molar-refractivity contribution is 1.15. The van der Waals surface area contributed by atoms with Gasteiger partial charge in [0.2, 0.25) is 5.95 Å². The van der Waals surface area contributed by atoms with Gasteiger partial charge in [-0.1, -0.05) is 24.3 Å². The molecule has 4 nitrogen and oxygen atoms in total. The number of hydrogen-bond acceptors (Lipinski definition) is 4. The van der Waals surface area contributed by atoms with E-state index in [1.807, 2.05) is 6.92 Å². The van der Waals surface area contributed by atoms with Crippen LogP contribution in [0.5, 0.6) is 0 Å². The number of hydrogen-bond donors (Lipinski definition) is 2. The summed E-state index contributed by atoms with van der Waals surface area (Å²) in [6.45, 7) is 7.09.